The molecule has 1 atom stereocenters. The van der Waals surface area contributed by atoms with Crippen LogP contribution in [0.4, 0.5) is 0 Å². The number of hydrogen-bond donors (Lipinski definition) is 1. The standard InChI is InChI=1S/C17H24N2O2.ClH/c1-17(11-18)8-9-19(12-17)16(20)14-4-6-15(7-5-14)21-10-13-2-3-13;/h4-7,13H,2-3,8-12,18H2,1H3;1H. The third kappa shape index (κ3) is 3.93. The molecule has 22 heavy (non-hydrogen) atoms. The van der Waals surface area contributed by atoms with Crippen LogP contribution in [-0.2, 0) is 0 Å². The third-order valence-electron chi connectivity index (χ3n) is 4.62. The van der Waals surface area contributed by atoms with Crippen LogP contribution in [-0.4, -0.2) is 37.0 Å². The monoisotopic (exact) mass is 324 g/mol. The minimum Gasteiger partial charge on any atom is -0.493 e. The predicted octanol–water partition coefficient (Wildman–Crippen LogP) is 2.71. The number of carbonyl (C=O) groups excluding carboxylic acids is 1. The van der Waals surface area contributed by atoms with E-state index in [0.29, 0.717) is 6.54 Å². The highest BCUT2D eigenvalue weighted by molar-refractivity contribution is 5.94. The lowest BCUT2D eigenvalue weighted by Crippen LogP contribution is -2.34. The first-order valence-corrected chi connectivity index (χ1v) is 7.82. The fourth-order valence-corrected chi connectivity index (χ4v) is 2.74. The number of hydrogen-bond acceptors (Lipinski definition) is 3. The van der Waals surface area contributed by atoms with Gasteiger partial charge < -0.3 is 15.4 Å². The second kappa shape index (κ2) is 6.88. The highest BCUT2D eigenvalue weighted by atomic mass is 35.5. The van der Waals surface area contributed by atoms with Crippen molar-refractivity contribution in [2.24, 2.45) is 17.1 Å². The average Bonchev–Trinajstić information content (AvgIpc) is 3.26. The molecule has 1 aromatic carbocycles. The van der Waals surface area contributed by atoms with Crippen LogP contribution in [0.15, 0.2) is 24.3 Å². The van der Waals surface area contributed by atoms with Crippen LogP contribution in [0.25, 0.3) is 0 Å². The molecule has 0 bridgehead atoms. The zero-order chi connectivity index (χ0) is 14.9. The normalized spacial score (nSPS) is 24.0. The molecule has 1 aliphatic carbocycles. The van der Waals surface area contributed by atoms with E-state index >= 15 is 0 Å². The van der Waals surface area contributed by atoms with Crippen molar-refractivity contribution in [1.29, 1.82) is 0 Å². The van der Waals surface area contributed by atoms with E-state index in [2.05, 4.69) is 6.92 Å². The van der Waals surface area contributed by atoms with E-state index in [1.807, 2.05) is 29.2 Å². The van der Waals surface area contributed by atoms with Gasteiger partial charge >= 0.3 is 0 Å². The third-order valence-corrected chi connectivity index (χ3v) is 4.62. The maximum atomic E-state index is 12.5. The van der Waals surface area contributed by atoms with Gasteiger partial charge in [0.05, 0.1) is 6.61 Å². The lowest BCUT2D eigenvalue weighted by atomic mass is 9.90. The van der Waals surface area contributed by atoms with Crippen LogP contribution < -0.4 is 10.5 Å². The van der Waals surface area contributed by atoms with E-state index in [4.69, 9.17) is 10.5 Å². The van der Waals surface area contributed by atoms with Gasteiger partial charge in [-0.1, -0.05) is 6.92 Å². The topological polar surface area (TPSA) is 55.6 Å². The van der Waals surface area contributed by atoms with Crippen LogP contribution in [0.5, 0.6) is 5.75 Å². The van der Waals surface area contributed by atoms with Gasteiger partial charge in [0.15, 0.2) is 0 Å². The Morgan fingerprint density at radius 2 is 2.05 bits per heavy atom. The summed E-state index contributed by atoms with van der Waals surface area (Å²) in [5.41, 5.74) is 6.60. The molecule has 0 radical (unpaired) electrons. The van der Waals surface area contributed by atoms with E-state index in [9.17, 15) is 4.79 Å². The number of carbonyl (C=O) groups is 1. The predicted molar refractivity (Wildman–Crippen MR) is 89.6 cm³/mol. The van der Waals surface area contributed by atoms with Gasteiger partial charge in [0.25, 0.3) is 5.91 Å². The molecule has 2 aliphatic rings. The highest BCUT2D eigenvalue weighted by Crippen LogP contribution is 2.31. The van der Waals surface area contributed by atoms with E-state index in [0.717, 1.165) is 43.3 Å². The van der Waals surface area contributed by atoms with Crippen molar-refractivity contribution < 1.29 is 9.53 Å². The number of rotatable bonds is 5. The van der Waals surface area contributed by atoms with Crippen LogP contribution >= 0.6 is 12.4 Å². The molecule has 5 heteroatoms. The van der Waals surface area contributed by atoms with Crippen LogP contribution in [0, 0.1) is 11.3 Å². The summed E-state index contributed by atoms with van der Waals surface area (Å²) >= 11 is 0. The Balaban J connectivity index is 0.00000176. The first kappa shape index (κ1) is 17.1. The Bertz CT molecular complexity index is 516. The summed E-state index contributed by atoms with van der Waals surface area (Å²) in [6.45, 7) is 5.13. The number of halogens is 1. The smallest absolute Gasteiger partial charge is 0.253 e. The number of nitrogens with zero attached hydrogens (tertiary/aromatic N) is 1. The largest absolute Gasteiger partial charge is 0.493 e. The lowest BCUT2D eigenvalue weighted by Gasteiger charge is -2.22. The van der Waals surface area contributed by atoms with Gasteiger partial charge in [-0.3, -0.25) is 4.79 Å². The maximum Gasteiger partial charge on any atom is 0.253 e. The molecule has 1 saturated carbocycles. The lowest BCUT2D eigenvalue weighted by molar-refractivity contribution is 0.0777. The molecular weight excluding hydrogens is 300 g/mol. The van der Waals surface area contributed by atoms with Gasteiger partial charge in [0, 0.05) is 18.7 Å². The summed E-state index contributed by atoms with van der Waals surface area (Å²) in [6, 6.07) is 7.52. The summed E-state index contributed by atoms with van der Waals surface area (Å²) in [6.07, 6.45) is 3.55. The second-order valence-corrected chi connectivity index (χ2v) is 6.77. The van der Waals surface area contributed by atoms with E-state index in [-0.39, 0.29) is 23.7 Å². The number of nitrogens with two attached hydrogens (primary N) is 1. The molecular formula is C17H25ClN2O2. The highest BCUT2D eigenvalue weighted by Gasteiger charge is 2.35. The number of benzene rings is 1. The fraction of sp³-hybridized carbons (Fsp3) is 0.588. The molecule has 3 rings (SSSR count). The van der Waals surface area contributed by atoms with Crippen molar-refractivity contribution >= 4 is 18.3 Å². The van der Waals surface area contributed by atoms with Crippen molar-refractivity contribution in [1.82, 2.24) is 4.90 Å². The molecule has 1 aliphatic heterocycles. The molecule has 122 valence electrons. The summed E-state index contributed by atoms with van der Waals surface area (Å²) in [5, 5.41) is 0. The van der Waals surface area contributed by atoms with Gasteiger partial charge in [0.1, 0.15) is 5.75 Å². The molecule has 1 amide bonds. The van der Waals surface area contributed by atoms with Gasteiger partial charge in [-0.25, -0.2) is 0 Å². The quantitative estimate of drug-likeness (QED) is 0.906. The number of amides is 1. The Morgan fingerprint density at radius 3 is 2.59 bits per heavy atom. The zero-order valence-corrected chi connectivity index (χ0v) is 13.9. The first-order chi connectivity index (χ1) is 10.1. The minimum absolute atomic E-state index is 0. The fourth-order valence-electron chi connectivity index (χ4n) is 2.74. The Morgan fingerprint density at radius 1 is 1.36 bits per heavy atom. The molecule has 4 nitrogen and oxygen atoms in total. The molecule has 1 heterocycles. The molecule has 1 saturated heterocycles. The molecule has 0 spiro atoms. The maximum absolute atomic E-state index is 12.5. The average molecular weight is 325 g/mol. The van der Waals surface area contributed by atoms with Crippen molar-refractivity contribution in [3.63, 3.8) is 0 Å². The van der Waals surface area contributed by atoms with E-state index < -0.39 is 0 Å². The Kier molecular flexibility index (Phi) is 5.35. The van der Waals surface area contributed by atoms with Gasteiger partial charge in [0.2, 0.25) is 0 Å². The molecule has 2 N–H and O–H groups in total. The van der Waals surface area contributed by atoms with Crippen molar-refractivity contribution in [3.05, 3.63) is 29.8 Å². The van der Waals surface area contributed by atoms with Crippen LogP contribution in [0.3, 0.4) is 0 Å². The molecule has 2 fully saturated rings. The number of ether oxygens (including phenoxy) is 1. The second-order valence-electron chi connectivity index (χ2n) is 6.77. The van der Waals surface area contributed by atoms with Crippen LogP contribution in [0.1, 0.15) is 36.5 Å². The van der Waals surface area contributed by atoms with E-state index in [1.54, 1.807) is 0 Å². The van der Waals surface area contributed by atoms with Gasteiger partial charge in [-0.05, 0) is 61.4 Å². The molecule has 1 unspecified atom stereocenters. The van der Waals surface area contributed by atoms with Crippen molar-refractivity contribution in [3.8, 4) is 5.75 Å². The van der Waals surface area contributed by atoms with Crippen LogP contribution in [0.2, 0.25) is 0 Å². The Hall–Kier alpha value is -1.26. The van der Waals surface area contributed by atoms with E-state index in [1.165, 1.54) is 12.8 Å². The van der Waals surface area contributed by atoms with Crippen molar-refractivity contribution in [2.75, 3.05) is 26.2 Å². The summed E-state index contributed by atoms with van der Waals surface area (Å²) in [4.78, 5) is 14.4. The SMILES string of the molecule is CC1(CN)CCN(C(=O)c2ccc(OCC3CC3)cc2)C1.Cl. The summed E-state index contributed by atoms with van der Waals surface area (Å²) in [7, 11) is 0. The molecule has 1 aromatic rings. The molecule has 0 aromatic heterocycles. The van der Waals surface area contributed by atoms with Crippen molar-refractivity contribution in [2.45, 2.75) is 26.2 Å². The zero-order valence-electron chi connectivity index (χ0n) is 13.1. The van der Waals surface area contributed by atoms with Gasteiger partial charge in [-0.15, -0.1) is 12.4 Å². The first-order valence-electron chi connectivity index (χ1n) is 7.82. The minimum atomic E-state index is 0. The summed E-state index contributed by atoms with van der Waals surface area (Å²) < 4.78 is 5.70. The van der Waals surface area contributed by atoms with Gasteiger partial charge in [-0.2, -0.15) is 0 Å². The summed E-state index contributed by atoms with van der Waals surface area (Å²) in [5.74, 6) is 1.69. The Labute approximate surface area is 138 Å². The number of likely N-dealkylation sites (tertiary alicyclic amines) is 1.